The normalized spacial score (nSPS) is 18.0. The molecular formula is C15H19NO3S2. The average molecular weight is 325 g/mol. The SMILES string of the molecule is Cc1cc(CSC(=S)N2CCCC2C(=O)O)cc(C)c1O. The Morgan fingerprint density at radius 1 is 1.43 bits per heavy atom. The number of likely N-dealkylation sites (tertiary alicyclic amines) is 1. The van der Waals surface area contributed by atoms with Crippen LogP contribution in [0, 0.1) is 13.8 Å². The van der Waals surface area contributed by atoms with Crippen LogP contribution in [0.1, 0.15) is 29.5 Å². The van der Waals surface area contributed by atoms with Crippen molar-refractivity contribution in [1.82, 2.24) is 4.90 Å². The smallest absolute Gasteiger partial charge is 0.326 e. The fraction of sp³-hybridized carbons (Fsp3) is 0.467. The van der Waals surface area contributed by atoms with E-state index in [-0.39, 0.29) is 0 Å². The van der Waals surface area contributed by atoms with Gasteiger partial charge in [-0.25, -0.2) is 4.79 Å². The highest BCUT2D eigenvalue weighted by atomic mass is 32.2. The number of hydrogen-bond donors (Lipinski definition) is 2. The predicted molar refractivity (Wildman–Crippen MR) is 88.8 cm³/mol. The van der Waals surface area contributed by atoms with Gasteiger partial charge >= 0.3 is 5.97 Å². The molecule has 1 aliphatic heterocycles. The van der Waals surface area contributed by atoms with Crippen LogP contribution in [0.4, 0.5) is 0 Å². The second-order valence-electron chi connectivity index (χ2n) is 5.32. The average Bonchev–Trinajstić information content (AvgIpc) is 2.91. The Hall–Kier alpha value is -1.27. The number of thiocarbonyl (C=S) groups is 1. The highest BCUT2D eigenvalue weighted by molar-refractivity contribution is 8.22. The lowest BCUT2D eigenvalue weighted by Crippen LogP contribution is -2.38. The number of aryl methyl sites for hydroxylation is 2. The van der Waals surface area contributed by atoms with Crippen molar-refractivity contribution >= 4 is 34.3 Å². The first-order chi connectivity index (χ1) is 9.90. The zero-order chi connectivity index (χ0) is 15.6. The summed E-state index contributed by atoms with van der Waals surface area (Å²) in [7, 11) is 0. The Labute approximate surface area is 134 Å². The molecule has 1 atom stereocenters. The van der Waals surface area contributed by atoms with Gasteiger partial charge in [-0.3, -0.25) is 0 Å². The number of hydrogen-bond acceptors (Lipinski definition) is 4. The number of benzene rings is 1. The molecule has 1 aromatic rings. The summed E-state index contributed by atoms with van der Waals surface area (Å²) in [6, 6.07) is 3.40. The van der Waals surface area contributed by atoms with E-state index in [1.165, 1.54) is 11.8 Å². The van der Waals surface area contributed by atoms with Gasteiger partial charge in [-0.1, -0.05) is 36.1 Å². The van der Waals surface area contributed by atoms with Crippen molar-refractivity contribution in [3.8, 4) is 5.75 Å². The van der Waals surface area contributed by atoms with Crippen molar-refractivity contribution in [2.75, 3.05) is 6.54 Å². The van der Waals surface area contributed by atoms with Gasteiger partial charge in [0.2, 0.25) is 0 Å². The molecule has 1 unspecified atom stereocenters. The van der Waals surface area contributed by atoms with Gasteiger partial charge in [-0.05, 0) is 43.4 Å². The van der Waals surface area contributed by atoms with Crippen LogP contribution in [-0.2, 0) is 10.5 Å². The minimum absolute atomic E-state index is 0.330. The van der Waals surface area contributed by atoms with Crippen LogP contribution < -0.4 is 0 Å². The van der Waals surface area contributed by atoms with Gasteiger partial charge in [-0.2, -0.15) is 0 Å². The number of carboxylic acids is 1. The summed E-state index contributed by atoms with van der Waals surface area (Å²) in [5.41, 5.74) is 2.78. The van der Waals surface area contributed by atoms with Crippen LogP contribution in [0.25, 0.3) is 0 Å². The first kappa shape index (κ1) is 16.1. The van der Waals surface area contributed by atoms with Crippen LogP contribution in [0.3, 0.4) is 0 Å². The van der Waals surface area contributed by atoms with Crippen LogP contribution in [-0.4, -0.2) is 38.0 Å². The van der Waals surface area contributed by atoms with Gasteiger partial charge in [0.05, 0.1) is 0 Å². The number of phenols is 1. The predicted octanol–water partition coefficient (Wildman–Crippen LogP) is 3.08. The van der Waals surface area contributed by atoms with Crippen molar-refractivity contribution in [3.63, 3.8) is 0 Å². The molecule has 114 valence electrons. The molecule has 0 bridgehead atoms. The highest BCUT2D eigenvalue weighted by Gasteiger charge is 2.32. The molecule has 1 heterocycles. The van der Waals surface area contributed by atoms with Crippen molar-refractivity contribution in [1.29, 1.82) is 0 Å². The molecule has 0 saturated carbocycles. The van der Waals surface area contributed by atoms with Crippen LogP contribution in [0.5, 0.6) is 5.75 Å². The first-order valence-corrected chi connectivity index (χ1v) is 8.25. The summed E-state index contributed by atoms with van der Waals surface area (Å²) in [6.07, 6.45) is 1.53. The molecule has 0 radical (unpaired) electrons. The Bertz CT molecular complexity index is 551. The zero-order valence-electron chi connectivity index (χ0n) is 12.1. The summed E-state index contributed by atoms with van der Waals surface area (Å²) in [5, 5.41) is 19.0. The zero-order valence-corrected chi connectivity index (χ0v) is 13.8. The molecule has 0 amide bonds. The largest absolute Gasteiger partial charge is 0.507 e. The maximum absolute atomic E-state index is 11.2. The Kier molecular flexibility index (Phi) is 5.11. The van der Waals surface area contributed by atoms with E-state index in [1.54, 1.807) is 0 Å². The van der Waals surface area contributed by atoms with E-state index in [4.69, 9.17) is 12.2 Å². The third-order valence-electron chi connectivity index (χ3n) is 3.69. The van der Waals surface area contributed by atoms with Gasteiger partial charge in [0.25, 0.3) is 0 Å². The topological polar surface area (TPSA) is 60.8 Å². The van der Waals surface area contributed by atoms with Crippen LogP contribution >= 0.6 is 24.0 Å². The monoisotopic (exact) mass is 325 g/mol. The Balaban J connectivity index is 2.00. The number of aliphatic carboxylic acids is 1. The fourth-order valence-corrected chi connectivity index (χ4v) is 3.84. The number of carboxylic acid groups (broad SMARTS) is 1. The maximum Gasteiger partial charge on any atom is 0.326 e. The molecule has 21 heavy (non-hydrogen) atoms. The molecule has 0 spiro atoms. The molecule has 4 nitrogen and oxygen atoms in total. The standard InChI is InChI=1S/C15H19NO3S2/c1-9-6-11(7-10(2)13(9)17)8-21-15(20)16-5-3-4-12(16)14(18)19/h6-7,12,17H,3-5,8H2,1-2H3,(H,18,19). The number of thioether (sulfide) groups is 1. The van der Waals surface area contributed by atoms with E-state index >= 15 is 0 Å². The molecular weight excluding hydrogens is 306 g/mol. The molecule has 1 aromatic carbocycles. The summed E-state index contributed by atoms with van der Waals surface area (Å²) in [4.78, 5) is 13.0. The minimum Gasteiger partial charge on any atom is -0.507 e. The summed E-state index contributed by atoms with van der Waals surface area (Å²) in [5.74, 6) is 0.215. The lowest BCUT2D eigenvalue weighted by molar-refractivity contribution is -0.140. The molecule has 6 heteroatoms. The van der Waals surface area contributed by atoms with Crippen LogP contribution in [0.2, 0.25) is 0 Å². The van der Waals surface area contributed by atoms with Gasteiger partial charge in [0, 0.05) is 12.3 Å². The molecule has 1 saturated heterocycles. The van der Waals surface area contributed by atoms with Crippen molar-refractivity contribution in [3.05, 3.63) is 28.8 Å². The number of carbonyl (C=O) groups is 1. The summed E-state index contributed by atoms with van der Waals surface area (Å²) >= 11 is 6.86. The van der Waals surface area contributed by atoms with E-state index in [9.17, 15) is 15.0 Å². The van der Waals surface area contributed by atoms with Gasteiger partial charge in [0.1, 0.15) is 16.1 Å². The maximum atomic E-state index is 11.2. The molecule has 1 fully saturated rings. The molecule has 0 aliphatic carbocycles. The number of phenolic OH excluding ortho intramolecular Hbond substituents is 1. The van der Waals surface area contributed by atoms with E-state index in [0.717, 1.165) is 29.7 Å². The third-order valence-corrected chi connectivity index (χ3v) is 5.23. The van der Waals surface area contributed by atoms with E-state index in [0.29, 0.717) is 22.2 Å². The molecule has 0 aromatic heterocycles. The van der Waals surface area contributed by atoms with Crippen LogP contribution in [0.15, 0.2) is 12.1 Å². The quantitative estimate of drug-likeness (QED) is 0.833. The second kappa shape index (κ2) is 6.66. The fourth-order valence-electron chi connectivity index (χ4n) is 2.60. The van der Waals surface area contributed by atoms with Crippen molar-refractivity contribution in [2.24, 2.45) is 0 Å². The van der Waals surface area contributed by atoms with Gasteiger partial charge < -0.3 is 15.1 Å². The lowest BCUT2D eigenvalue weighted by atomic mass is 10.1. The molecule has 1 aliphatic rings. The second-order valence-corrected chi connectivity index (χ2v) is 6.93. The van der Waals surface area contributed by atoms with Gasteiger partial charge in [0.15, 0.2) is 0 Å². The highest BCUT2D eigenvalue weighted by Crippen LogP contribution is 2.28. The summed E-state index contributed by atoms with van der Waals surface area (Å²) < 4.78 is 0.642. The number of nitrogens with zero attached hydrogens (tertiary/aromatic N) is 1. The first-order valence-electron chi connectivity index (χ1n) is 6.85. The number of aromatic hydroxyl groups is 1. The Morgan fingerprint density at radius 3 is 2.62 bits per heavy atom. The number of rotatable bonds is 3. The third kappa shape index (κ3) is 3.68. The van der Waals surface area contributed by atoms with Crippen molar-refractivity contribution in [2.45, 2.75) is 38.5 Å². The molecule has 2 rings (SSSR count). The van der Waals surface area contributed by atoms with Crippen molar-refractivity contribution < 1.29 is 15.0 Å². The van der Waals surface area contributed by atoms with Gasteiger partial charge in [-0.15, -0.1) is 0 Å². The molecule has 2 N–H and O–H groups in total. The summed E-state index contributed by atoms with van der Waals surface area (Å²) in [6.45, 7) is 4.46. The van der Waals surface area contributed by atoms with E-state index < -0.39 is 12.0 Å². The lowest BCUT2D eigenvalue weighted by Gasteiger charge is -2.23. The van der Waals surface area contributed by atoms with E-state index in [2.05, 4.69) is 0 Å². The van der Waals surface area contributed by atoms with E-state index in [1.807, 2.05) is 30.9 Å². The minimum atomic E-state index is -0.799. The Morgan fingerprint density at radius 2 is 2.05 bits per heavy atom.